The van der Waals surface area contributed by atoms with Crippen molar-refractivity contribution in [1.82, 2.24) is 25.1 Å². The van der Waals surface area contributed by atoms with Gasteiger partial charge in [0, 0.05) is 5.92 Å². The Morgan fingerprint density at radius 3 is 3.00 bits per heavy atom. The first-order valence-electron chi connectivity index (χ1n) is 7.06. The third kappa shape index (κ3) is 2.68. The molecule has 1 aromatic carbocycles. The van der Waals surface area contributed by atoms with E-state index in [-0.39, 0.29) is 17.1 Å². The van der Waals surface area contributed by atoms with E-state index in [1.54, 1.807) is 4.52 Å². The molecule has 118 valence electrons. The van der Waals surface area contributed by atoms with Gasteiger partial charge >= 0.3 is 0 Å². The summed E-state index contributed by atoms with van der Waals surface area (Å²) in [5, 5.41) is 16.0. The molecule has 6 nitrogen and oxygen atoms in total. The summed E-state index contributed by atoms with van der Waals surface area (Å²) < 4.78 is 15.4. The number of carbonyl (C=O) groups is 1. The quantitative estimate of drug-likeness (QED) is 0.784. The molecule has 9 heteroatoms. The maximum Gasteiger partial charge on any atom is 0.256 e. The van der Waals surface area contributed by atoms with Crippen molar-refractivity contribution in [3.63, 3.8) is 0 Å². The van der Waals surface area contributed by atoms with Crippen molar-refractivity contribution in [2.75, 3.05) is 0 Å². The molecule has 0 radical (unpaired) electrons. The highest BCUT2D eigenvalue weighted by Crippen LogP contribution is 2.39. The molecule has 2 heterocycles. The summed E-state index contributed by atoms with van der Waals surface area (Å²) in [5.74, 6) is 0.0865. The van der Waals surface area contributed by atoms with E-state index in [9.17, 15) is 9.18 Å². The summed E-state index contributed by atoms with van der Waals surface area (Å²) in [5.41, 5.74) is -0.157. The van der Waals surface area contributed by atoms with E-state index in [2.05, 4.69) is 20.6 Å². The molecule has 1 aliphatic carbocycles. The molecule has 0 aliphatic heterocycles. The Morgan fingerprint density at radius 1 is 1.43 bits per heavy atom. The molecule has 0 saturated heterocycles. The maximum absolute atomic E-state index is 13.7. The monoisotopic (exact) mass is 351 g/mol. The molecular weight excluding hydrogens is 341 g/mol. The number of nitrogens with one attached hydrogen (secondary N) is 1. The highest BCUT2D eigenvalue weighted by Gasteiger charge is 2.30. The molecule has 1 aliphatic rings. The Hall–Kier alpha value is -2.06. The predicted molar refractivity (Wildman–Crippen MR) is 83.2 cm³/mol. The molecule has 0 spiro atoms. The topological polar surface area (TPSA) is 72.2 Å². The Labute approximate surface area is 139 Å². The number of amides is 1. The van der Waals surface area contributed by atoms with Gasteiger partial charge in [0.25, 0.3) is 5.91 Å². The van der Waals surface area contributed by atoms with Gasteiger partial charge in [0.05, 0.1) is 17.1 Å². The molecular formula is C14H11ClFN5OS. The van der Waals surface area contributed by atoms with E-state index in [0.29, 0.717) is 15.9 Å². The van der Waals surface area contributed by atoms with Crippen LogP contribution in [0.2, 0.25) is 5.02 Å². The minimum atomic E-state index is -0.649. The lowest BCUT2D eigenvalue weighted by Gasteiger charge is -2.05. The van der Waals surface area contributed by atoms with Crippen molar-refractivity contribution >= 4 is 33.8 Å². The average molecular weight is 352 g/mol. The smallest absolute Gasteiger partial charge is 0.256 e. The molecule has 23 heavy (non-hydrogen) atoms. The number of carbonyl (C=O) groups excluding carboxylic acids is 1. The summed E-state index contributed by atoms with van der Waals surface area (Å²) in [6, 6.07) is 4.13. The number of nitrogens with zero attached hydrogens (tertiary/aromatic N) is 4. The Kier molecular flexibility index (Phi) is 3.50. The van der Waals surface area contributed by atoms with E-state index in [4.69, 9.17) is 11.6 Å². The van der Waals surface area contributed by atoms with Crippen LogP contribution in [0.4, 0.5) is 4.39 Å². The van der Waals surface area contributed by atoms with Crippen molar-refractivity contribution in [3.8, 4) is 0 Å². The van der Waals surface area contributed by atoms with Gasteiger partial charge in [0.1, 0.15) is 10.8 Å². The number of benzene rings is 1. The van der Waals surface area contributed by atoms with Gasteiger partial charge in [-0.1, -0.05) is 29.0 Å². The summed E-state index contributed by atoms with van der Waals surface area (Å²) in [6.07, 6.45) is 2.21. The van der Waals surface area contributed by atoms with Gasteiger partial charge < -0.3 is 5.32 Å². The van der Waals surface area contributed by atoms with Crippen LogP contribution in [-0.4, -0.2) is 25.7 Å². The van der Waals surface area contributed by atoms with Crippen molar-refractivity contribution in [2.24, 2.45) is 0 Å². The van der Waals surface area contributed by atoms with E-state index >= 15 is 0 Å². The summed E-state index contributed by atoms with van der Waals surface area (Å²) >= 11 is 7.22. The van der Waals surface area contributed by atoms with Crippen LogP contribution >= 0.6 is 22.9 Å². The van der Waals surface area contributed by atoms with Gasteiger partial charge in [-0.15, -0.1) is 10.2 Å². The second kappa shape index (κ2) is 5.54. The number of fused-ring (bicyclic) bond motifs is 1. The van der Waals surface area contributed by atoms with Gasteiger partial charge in [-0.2, -0.15) is 9.61 Å². The SMILES string of the molecule is O=C(NCc1nn2c(C3CC3)nnc2s1)c1c(F)cccc1Cl. The Balaban J connectivity index is 1.51. The van der Waals surface area contributed by atoms with E-state index in [1.165, 1.54) is 29.5 Å². The van der Waals surface area contributed by atoms with Crippen molar-refractivity contribution < 1.29 is 9.18 Å². The van der Waals surface area contributed by atoms with E-state index in [0.717, 1.165) is 18.7 Å². The van der Waals surface area contributed by atoms with Crippen LogP contribution in [0.1, 0.15) is 39.9 Å². The van der Waals surface area contributed by atoms with Gasteiger partial charge in [-0.3, -0.25) is 4.79 Å². The van der Waals surface area contributed by atoms with Gasteiger partial charge in [-0.05, 0) is 25.0 Å². The standard InChI is InChI=1S/C14H11ClFN5OS/c15-8-2-1-3-9(16)11(8)13(22)17-6-10-20-21-12(7-4-5-7)18-19-14(21)23-10/h1-3,7H,4-6H2,(H,17,22). The fourth-order valence-electron chi connectivity index (χ4n) is 2.30. The summed E-state index contributed by atoms with van der Waals surface area (Å²) in [6.45, 7) is 0.182. The van der Waals surface area contributed by atoms with E-state index in [1.807, 2.05) is 0 Å². The van der Waals surface area contributed by atoms with Crippen LogP contribution in [0.3, 0.4) is 0 Å². The number of halogens is 2. The summed E-state index contributed by atoms with van der Waals surface area (Å²) in [4.78, 5) is 12.8. The van der Waals surface area contributed by atoms with Crippen LogP contribution in [-0.2, 0) is 6.54 Å². The molecule has 3 aromatic rings. The first-order chi connectivity index (χ1) is 11.1. The number of hydrogen-bond acceptors (Lipinski definition) is 5. The van der Waals surface area contributed by atoms with Crippen LogP contribution in [0.15, 0.2) is 18.2 Å². The van der Waals surface area contributed by atoms with Crippen LogP contribution < -0.4 is 5.32 Å². The molecule has 0 bridgehead atoms. The normalized spacial score (nSPS) is 14.3. The lowest BCUT2D eigenvalue weighted by molar-refractivity contribution is 0.0947. The van der Waals surface area contributed by atoms with Gasteiger partial charge in [0.15, 0.2) is 5.82 Å². The lowest BCUT2D eigenvalue weighted by Crippen LogP contribution is -2.24. The van der Waals surface area contributed by atoms with Gasteiger partial charge in [-0.25, -0.2) is 4.39 Å². The molecule has 0 atom stereocenters. The molecule has 1 saturated carbocycles. The van der Waals surface area contributed by atoms with Crippen LogP contribution in [0.25, 0.3) is 4.96 Å². The Morgan fingerprint density at radius 2 is 2.26 bits per heavy atom. The van der Waals surface area contributed by atoms with Gasteiger partial charge in [0.2, 0.25) is 4.96 Å². The first kappa shape index (κ1) is 14.5. The molecule has 0 unspecified atom stereocenters. The first-order valence-corrected chi connectivity index (χ1v) is 8.26. The Bertz CT molecular complexity index is 884. The fraction of sp³-hybridized carbons (Fsp3) is 0.286. The average Bonchev–Trinajstić information content (AvgIpc) is 3.15. The zero-order chi connectivity index (χ0) is 16.0. The van der Waals surface area contributed by atoms with E-state index < -0.39 is 11.7 Å². The number of hydrogen-bond donors (Lipinski definition) is 1. The van der Waals surface area contributed by atoms with Crippen molar-refractivity contribution in [3.05, 3.63) is 45.4 Å². The molecule has 1 amide bonds. The van der Waals surface area contributed by atoms with Crippen LogP contribution in [0.5, 0.6) is 0 Å². The van der Waals surface area contributed by atoms with Crippen LogP contribution in [0, 0.1) is 5.82 Å². The molecule has 1 N–H and O–H groups in total. The minimum Gasteiger partial charge on any atom is -0.345 e. The zero-order valence-corrected chi connectivity index (χ0v) is 13.4. The fourth-order valence-corrected chi connectivity index (χ4v) is 3.33. The number of rotatable bonds is 4. The third-order valence-electron chi connectivity index (χ3n) is 3.59. The second-order valence-corrected chi connectivity index (χ2v) is 6.75. The summed E-state index contributed by atoms with van der Waals surface area (Å²) in [7, 11) is 0. The zero-order valence-electron chi connectivity index (χ0n) is 11.8. The molecule has 1 fully saturated rings. The highest BCUT2D eigenvalue weighted by atomic mass is 35.5. The molecule has 4 rings (SSSR count). The third-order valence-corrected chi connectivity index (χ3v) is 4.80. The largest absolute Gasteiger partial charge is 0.345 e. The predicted octanol–water partition coefficient (Wildman–Crippen LogP) is 2.79. The molecule has 2 aromatic heterocycles. The van der Waals surface area contributed by atoms with Crippen molar-refractivity contribution in [2.45, 2.75) is 25.3 Å². The highest BCUT2D eigenvalue weighted by molar-refractivity contribution is 7.16. The minimum absolute atomic E-state index is 0.0802. The van der Waals surface area contributed by atoms with Crippen molar-refractivity contribution in [1.29, 1.82) is 0 Å². The lowest BCUT2D eigenvalue weighted by atomic mass is 10.2. The second-order valence-electron chi connectivity index (χ2n) is 5.30. The number of aromatic nitrogens is 4. The maximum atomic E-state index is 13.7.